The normalized spacial score (nSPS) is 16.2. The lowest BCUT2D eigenvalue weighted by atomic mass is 10.0. The summed E-state index contributed by atoms with van der Waals surface area (Å²) >= 11 is 6.28. The number of rotatable bonds is 4. The number of nitrogens with one attached hydrogen (secondary N) is 1. The van der Waals surface area contributed by atoms with Gasteiger partial charge >= 0.3 is 0 Å². The maximum absolute atomic E-state index is 12.2. The Hall–Kier alpha value is -3.33. The van der Waals surface area contributed by atoms with Crippen LogP contribution in [-0.2, 0) is 9.59 Å². The summed E-state index contributed by atoms with van der Waals surface area (Å²) in [6.07, 6.45) is 2.74. The van der Waals surface area contributed by atoms with E-state index in [9.17, 15) is 14.4 Å². The van der Waals surface area contributed by atoms with Gasteiger partial charge in [-0.05, 0) is 29.8 Å². The van der Waals surface area contributed by atoms with Crippen molar-refractivity contribution in [3.05, 3.63) is 53.5 Å². The van der Waals surface area contributed by atoms with Gasteiger partial charge in [0.2, 0.25) is 11.8 Å². The third kappa shape index (κ3) is 4.46. The molecule has 0 spiro atoms. The first kappa shape index (κ1) is 21.4. The van der Waals surface area contributed by atoms with Crippen LogP contribution in [-0.4, -0.2) is 69.4 Å². The van der Waals surface area contributed by atoms with Crippen molar-refractivity contribution in [3.8, 4) is 11.3 Å². The Morgan fingerprint density at radius 2 is 2.03 bits per heavy atom. The number of amides is 3. The summed E-state index contributed by atoms with van der Waals surface area (Å²) in [6, 6.07) is 4.61. The molecule has 1 aliphatic heterocycles. The van der Waals surface area contributed by atoms with Crippen molar-refractivity contribution < 1.29 is 14.4 Å². The standard InChI is InChI=1S/C20H21ClN6O3/c1-4-19(29)26-5-6-27(12(2)28)17(11-26)13-7-15(24-18(21)9-13)14-8-16(20(30)22-3)25-23-10-14/h4,7-10,17H,1,5-6,11H2,2-3H3,(H,22,30)/t17-/m0/s1. The summed E-state index contributed by atoms with van der Waals surface area (Å²) in [4.78, 5) is 43.9. The van der Waals surface area contributed by atoms with Crippen LogP contribution >= 0.6 is 11.6 Å². The topological polar surface area (TPSA) is 108 Å². The van der Waals surface area contributed by atoms with Gasteiger partial charge in [-0.1, -0.05) is 18.2 Å². The van der Waals surface area contributed by atoms with E-state index in [0.717, 1.165) is 5.56 Å². The lowest BCUT2D eigenvalue weighted by molar-refractivity contribution is -0.139. The van der Waals surface area contributed by atoms with Gasteiger partial charge in [0.1, 0.15) is 5.15 Å². The van der Waals surface area contributed by atoms with E-state index in [2.05, 4.69) is 27.1 Å². The number of hydrogen-bond donors (Lipinski definition) is 1. The van der Waals surface area contributed by atoms with Crippen LogP contribution < -0.4 is 5.32 Å². The van der Waals surface area contributed by atoms with Crippen molar-refractivity contribution >= 4 is 29.3 Å². The Kier molecular flexibility index (Phi) is 6.41. The summed E-state index contributed by atoms with van der Waals surface area (Å²) in [7, 11) is 1.50. The quantitative estimate of drug-likeness (QED) is 0.583. The molecule has 0 aromatic carbocycles. The van der Waals surface area contributed by atoms with Gasteiger partial charge in [-0.15, -0.1) is 5.10 Å². The van der Waals surface area contributed by atoms with E-state index >= 15 is 0 Å². The molecule has 10 heteroatoms. The highest BCUT2D eigenvalue weighted by molar-refractivity contribution is 6.29. The van der Waals surface area contributed by atoms with Crippen molar-refractivity contribution in [3.63, 3.8) is 0 Å². The number of halogens is 1. The number of carbonyl (C=O) groups is 3. The number of pyridine rings is 1. The number of nitrogens with zero attached hydrogens (tertiary/aromatic N) is 5. The number of hydrogen-bond acceptors (Lipinski definition) is 6. The second-order valence-electron chi connectivity index (χ2n) is 6.73. The Morgan fingerprint density at radius 1 is 1.27 bits per heavy atom. The van der Waals surface area contributed by atoms with Crippen LogP contribution in [0.5, 0.6) is 0 Å². The molecule has 30 heavy (non-hydrogen) atoms. The molecule has 0 bridgehead atoms. The van der Waals surface area contributed by atoms with Crippen LogP contribution in [0.15, 0.2) is 37.1 Å². The van der Waals surface area contributed by atoms with E-state index in [4.69, 9.17) is 11.6 Å². The predicted octanol–water partition coefficient (Wildman–Crippen LogP) is 1.47. The monoisotopic (exact) mass is 428 g/mol. The highest BCUT2D eigenvalue weighted by Gasteiger charge is 2.32. The lowest BCUT2D eigenvalue weighted by Gasteiger charge is -2.41. The van der Waals surface area contributed by atoms with Crippen molar-refractivity contribution in [2.45, 2.75) is 13.0 Å². The first-order chi connectivity index (χ1) is 14.3. The van der Waals surface area contributed by atoms with Gasteiger partial charge < -0.3 is 15.1 Å². The van der Waals surface area contributed by atoms with E-state index in [1.807, 2.05) is 0 Å². The first-order valence-electron chi connectivity index (χ1n) is 9.25. The van der Waals surface area contributed by atoms with E-state index < -0.39 is 6.04 Å². The molecule has 1 N–H and O–H groups in total. The average Bonchev–Trinajstić information content (AvgIpc) is 2.77. The summed E-state index contributed by atoms with van der Waals surface area (Å²) < 4.78 is 0. The molecule has 0 unspecified atom stereocenters. The predicted molar refractivity (Wildman–Crippen MR) is 111 cm³/mol. The zero-order chi connectivity index (χ0) is 21.8. The van der Waals surface area contributed by atoms with E-state index in [0.29, 0.717) is 30.9 Å². The maximum atomic E-state index is 12.2. The van der Waals surface area contributed by atoms with Gasteiger partial charge in [-0.25, -0.2) is 4.98 Å². The highest BCUT2D eigenvalue weighted by Crippen LogP contribution is 2.30. The number of piperazine rings is 1. The fraction of sp³-hybridized carbons (Fsp3) is 0.300. The molecule has 2 aromatic rings. The molecule has 1 fully saturated rings. The molecule has 1 atom stereocenters. The van der Waals surface area contributed by atoms with Crippen LogP contribution in [0, 0.1) is 0 Å². The van der Waals surface area contributed by atoms with Crippen LogP contribution in [0.3, 0.4) is 0 Å². The minimum Gasteiger partial charge on any atom is -0.354 e. The first-order valence-corrected chi connectivity index (χ1v) is 9.63. The maximum Gasteiger partial charge on any atom is 0.271 e. The molecule has 3 heterocycles. The largest absolute Gasteiger partial charge is 0.354 e. The summed E-state index contributed by atoms with van der Waals surface area (Å²) in [5.74, 6) is -0.676. The molecule has 1 aliphatic rings. The molecule has 3 amide bonds. The fourth-order valence-corrected chi connectivity index (χ4v) is 3.59. The summed E-state index contributed by atoms with van der Waals surface area (Å²) in [5, 5.41) is 10.4. The van der Waals surface area contributed by atoms with Gasteiger partial charge in [-0.3, -0.25) is 14.4 Å². The molecule has 2 aromatic heterocycles. The lowest BCUT2D eigenvalue weighted by Crippen LogP contribution is -2.51. The van der Waals surface area contributed by atoms with Gasteiger partial charge in [0, 0.05) is 39.2 Å². The van der Waals surface area contributed by atoms with Crippen LogP contribution in [0.1, 0.15) is 29.0 Å². The summed E-state index contributed by atoms with van der Waals surface area (Å²) in [6.45, 7) is 6.16. The highest BCUT2D eigenvalue weighted by atomic mass is 35.5. The zero-order valence-electron chi connectivity index (χ0n) is 16.6. The van der Waals surface area contributed by atoms with Gasteiger partial charge in [0.05, 0.1) is 17.9 Å². The molecule has 0 aliphatic carbocycles. The van der Waals surface area contributed by atoms with Crippen molar-refractivity contribution in [2.75, 3.05) is 26.7 Å². The molecular weight excluding hydrogens is 408 g/mol. The fourth-order valence-electron chi connectivity index (χ4n) is 3.38. The Balaban J connectivity index is 2.02. The Bertz CT molecular complexity index is 1010. The Morgan fingerprint density at radius 3 is 2.70 bits per heavy atom. The second-order valence-corrected chi connectivity index (χ2v) is 7.12. The zero-order valence-corrected chi connectivity index (χ0v) is 17.4. The minimum atomic E-state index is -0.396. The van der Waals surface area contributed by atoms with Crippen LogP contribution in [0.25, 0.3) is 11.3 Å². The van der Waals surface area contributed by atoms with Gasteiger partial charge in [0.15, 0.2) is 5.69 Å². The van der Waals surface area contributed by atoms with Crippen molar-refractivity contribution in [2.24, 2.45) is 0 Å². The molecule has 3 rings (SSSR count). The van der Waals surface area contributed by atoms with Crippen molar-refractivity contribution in [1.82, 2.24) is 30.3 Å². The molecule has 1 saturated heterocycles. The summed E-state index contributed by atoms with van der Waals surface area (Å²) in [5.41, 5.74) is 1.90. The third-order valence-electron chi connectivity index (χ3n) is 4.88. The van der Waals surface area contributed by atoms with E-state index in [-0.39, 0.29) is 28.6 Å². The second kappa shape index (κ2) is 9.00. The third-order valence-corrected chi connectivity index (χ3v) is 5.08. The van der Waals surface area contributed by atoms with Crippen molar-refractivity contribution in [1.29, 1.82) is 0 Å². The molecule has 156 valence electrons. The van der Waals surface area contributed by atoms with E-state index in [1.54, 1.807) is 28.0 Å². The SMILES string of the molecule is C=CC(=O)N1CCN(C(C)=O)[C@H](c2cc(Cl)nc(-c3cnnc(C(=O)NC)c3)c2)C1. The Labute approximate surface area is 178 Å². The van der Waals surface area contributed by atoms with Crippen LogP contribution in [0.2, 0.25) is 5.15 Å². The molecule has 9 nitrogen and oxygen atoms in total. The molecule has 0 radical (unpaired) electrons. The molecular formula is C20H21ClN6O3. The number of aromatic nitrogens is 3. The molecule has 0 saturated carbocycles. The van der Waals surface area contributed by atoms with E-state index in [1.165, 1.54) is 26.2 Å². The average molecular weight is 429 g/mol. The smallest absolute Gasteiger partial charge is 0.271 e. The number of carbonyl (C=O) groups excluding carboxylic acids is 3. The van der Waals surface area contributed by atoms with Crippen LogP contribution in [0.4, 0.5) is 0 Å². The van der Waals surface area contributed by atoms with Gasteiger partial charge in [0.25, 0.3) is 5.91 Å². The van der Waals surface area contributed by atoms with Gasteiger partial charge in [-0.2, -0.15) is 5.10 Å². The minimum absolute atomic E-state index is 0.104.